The SMILES string of the molecule is Nc1ncnc2c1ccn2[C@@H]1O[C@H](CO)[C@@H](O)[C@H]1O.O=c1cnn([C@@H]2O[C@H](CO)[C@@H](O)[C@H]2O)c(=O)[nH]1. The zero-order valence-corrected chi connectivity index (χ0v) is 18.5. The van der Waals surface area contributed by atoms with Gasteiger partial charge in [-0.2, -0.15) is 9.78 Å². The van der Waals surface area contributed by atoms with Crippen molar-refractivity contribution in [1.29, 1.82) is 0 Å². The number of nitrogen functional groups attached to an aromatic ring is 1. The average Bonchev–Trinajstić information content (AvgIpc) is 3.50. The number of hydrogen-bond donors (Lipinski definition) is 8. The molecule has 17 heteroatoms. The van der Waals surface area contributed by atoms with Crippen LogP contribution in [-0.4, -0.2) is 110 Å². The zero-order valence-electron chi connectivity index (χ0n) is 18.5. The van der Waals surface area contributed by atoms with Crippen LogP contribution < -0.4 is 17.0 Å². The summed E-state index contributed by atoms with van der Waals surface area (Å²) in [5, 5.41) is 60.9. The van der Waals surface area contributed by atoms with Crippen LogP contribution in [0, 0.1) is 0 Å². The van der Waals surface area contributed by atoms with Gasteiger partial charge in [0, 0.05) is 6.20 Å². The molecule has 0 spiro atoms. The lowest BCUT2D eigenvalue weighted by atomic mass is 10.1. The summed E-state index contributed by atoms with van der Waals surface area (Å²) in [5.74, 6) is 0.329. The van der Waals surface area contributed by atoms with E-state index in [-0.39, 0.29) is 6.61 Å². The molecule has 8 atom stereocenters. The lowest BCUT2D eigenvalue weighted by molar-refractivity contribution is -0.0618. The van der Waals surface area contributed by atoms with E-state index in [9.17, 15) is 30.0 Å². The van der Waals surface area contributed by atoms with Crippen LogP contribution in [0.15, 0.2) is 34.4 Å². The molecule has 2 aliphatic heterocycles. The highest BCUT2D eigenvalue weighted by atomic mass is 16.6. The Hall–Kier alpha value is -3.29. The second kappa shape index (κ2) is 10.4. The van der Waals surface area contributed by atoms with E-state index in [1.165, 1.54) is 6.33 Å². The topological polar surface area (TPSA) is 264 Å². The number of nitrogens with two attached hydrogens (primary N) is 1. The number of anilines is 1. The number of H-pyrrole nitrogens is 1. The fraction of sp³-hybridized carbons (Fsp3) is 0.526. The molecule has 3 aromatic heterocycles. The molecule has 0 unspecified atom stereocenters. The Morgan fingerprint density at radius 3 is 2.14 bits per heavy atom. The van der Waals surface area contributed by atoms with Gasteiger partial charge in [-0.05, 0) is 6.07 Å². The van der Waals surface area contributed by atoms with Crippen molar-refractivity contribution in [2.75, 3.05) is 18.9 Å². The lowest BCUT2D eigenvalue weighted by Crippen LogP contribution is -2.39. The van der Waals surface area contributed by atoms with E-state index in [1.807, 2.05) is 4.98 Å². The fourth-order valence-corrected chi connectivity index (χ4v) is 3.93. The van der Waals surface area contributed by atoms with E-state index >= 15 is 0 Å². The minimum absolute atomic E-state index is 0.329. The van der Waals surface area contributed by atoms with Gasteiger partial charge >= 0.3 is 5.69 Å². The summed E-state index contributed by atoms with van der Waals surface area (Å²) < 4.78 is 12.8. The number of aromatic amines is 1. The van der Waals surface area contributed by atoms with E-state index in [2.05, 4.69) is 15.1 Å². The van der Waals surface area contributed by atoms with Crippen LogP contribution in [0.2, 0.25) is 0 Å². The molecule has 5 heterocycles. The van der Waals surface area contributed by atoms with Crippen molar-refractivity contribution in [3.63, 3.8) is 0 Å². The maximum atomic E-state index is 11.4. The molecule has 17 nitrogen and oxygen atoms in total. The molecule has 0 bridgehead atoms. The van der Waals surface area contributed by atoms with E-state index in [0.717, 1.165) is 6.20 Å². The second-order valence-corrected chi connectivity index (χ2v) is 8.06. The number of ether oxygens (including phenoxy) is 2. The molecule has 2 saturated heterocycles. The van der Waals surface area contributed by atoms with E-state index in [1.54, 1.807) is 16.8 Å². The van der Waals surface area contributed by atoms with Gasteiger partial charge in [0.15, 0.2) is 12.5 Å². The van der Waals surface area contributed by atoms with Gasteiger partial charge in [-0.3, -0.25) is 9.78 Å². The van der Waals surface area contributed by atoms with E-state index < -0.39 is 66.9 Å². The van der Waals surface area contributed by atoms with Crippen molar-refractivity contribution < 1.29 is 40.1 Å². The van der Waals surface area contributed by atoms with E-state index in [0.29, 0.717) is 21.5 Å². The number of nitrogens with zero attached hydrogens (tertiary/aromatic N) is 5. The van der Waals surface area contributed by atoms with Gasteiger partial charge in [0.05, 0.1) is 18.6 Å². The third kappa shape index (κ3) is 4.61. The highest BCUT2D eigenvalue weighted by Crippen LogP contribution is 2.32. The molecule has 3 aromatic rings. The van der Waals surface area contributed by atoms with Crippen LogP contribution in [0.1, 0.15) is 12.5 Å². The van der Waals surface area contributed by atoms with Crippen LogP contribution >= 0.6 is 0 Å². The molecule has 9 N–H and O–H groups in total. The van der Waals surface area contributed by atoms with Crippen molar-refractivity contribution in [2.45, 2.75) is 49.1 Å². The van der Waals surface area contributed by atoms with Gasteiger partial charge in [0.25, 0.3) is 5.56 Å². The smallest absolute Gasteiger partial charge is 0.347 e. The quantitative estimate of drug-likeness (QED) is 0.163. The Bertz CT molecular complexity index is 1310. The number of nitrogens with one attached hydrogen (secondary N) is 1. The van der Waals surface area contributed by atoms with Crippen LogP contribution in [0.3, 0.4) is 0 Å². The molecule has 2 fully saturated rings. The average molecular weight is 511 g/mol. The molecule has 0 aromatic carbocycles. The normalized spacial score (nSPS) is 31.9. The Morgan fingerprint density at radius 2 is 1.56 bits per heavy atom. The van der Waals surface area contributed by atoms with Crippen molar-refractivity contribution in [2.24, 2.45) is 0 Å². The number of fused-ring (bicyclic) bond motifs is 1. The van der Waals surface area contributed by atoms with Gasteiger partial charge in [-0.1, -0.05) is 0 Å². The molecular weight excluding hydrogens is 486 g/mol. The summed E-state index contributed by atoms with van der Waals surface area (Å²) in [4.78, 5) is 32.1. The summed E-state index contributed by atoms with van der Waals surface area (Å²) >= 11 is 0. The number of aliphatic hydroxyl groups is 6. The number of rotatable bonds is 4. The van der Waals surface area contributed by atoms with Crippen molar-refractivity contribution in [3.05, 3.63) is 45.6 Å². The Balaban J connectivity index is 0.000000170. The van der Waals surface area contributed by atoms with Gasteiger partial charge in [-0.25, -0.2) is 14.8 Å². The monoisotopic (exact) mass is 511 g/mol. The first-order chi connectivity index (χ1) is 17.2. The fourth-order valence-electron chi connectivity index (χ4n) is 3.93. The Morgan fingerprint density at radius 1 is 0.944 bits per heavy atom. The molecular formula is C19H25N7O10. The van der Waals surface area contributed by atoms with Crippen LogP contribution in [0.5, 0.6) is 0 Å². The predicted molar refractivity (Wildman–Crippen MR) is 117 cm³/mol. The first kappa shape index (κ1) is 25.8. The molecule has 5 rings (SSSR count). The minimum atomic E-state index is -1.41. The van der Waals surface area contributed by atoms with Gasteiger partial charge in [0.1, 0.15) is 60.6 Å². The molecule has 0 amide bonds. The maximum absolute atomic E-state index is 11.4. The summed E-state index contributed by atoms with van der Waals surface area (Å²) in [7, 11) is 0. The largest absolute Gasteiger partial charge is 0.394 e. The van der Waals surface area contributed by atoms with Gasteiger partial charge < -0.3 is 50.4 Å². The molecule has 196 valence electrons. The van der Waals surface area contributed by atoms with Crippen LogP contribution in [0.25, 0.3) is 11.0 Å². The first-order valence-electron chi connectivity index (χ1n) is 10.7. The molecule has 2 aliphatic rings. The van der Waals surface area contributed by atoms with Crippen LogP contribution in [-0.2, 0) is 9.47 Å². The lowest BCUT2D eigenvalue weighted by Gasteiger charge is -2.17. The first-order valence-corrected chi connectivity index (χ1v) is 10.7. The van der Waals surface area contributed by atoms with Crippen LogP contribution in [0.4, 0.5) is 5.82 Å². The number of aromatic nitrogens is 6. The second-order valence-electron chi connectivity index (χ2n) is 8.06. The molecule has 36 heavy (non-hydrogen) atoms. The van der Waals surface area contributed by atoms with Crippen molar-refractivity contribution >= 4 is 16.9 Å². The number of hydrogen-bond acceptors (Lipinski definition) is 14. The minimum Gasteiger partial charge on any atom is -0.394 e. The standard InChI is InChI=1S/C11H14N4O4.C8H11N3O6/c12-9-5-1-2-15(10(5)14-4-13-9)11-8(18)7(17)6(3-16)19-11;12-2-3-5(14)6(15)7(17-3)11-8(16)10-4(13)1-9-11/h1-2,4,6-8,11,16-18H,3H2,(H2,12,13,14);1,3,5-7,12,14-15H,2H2,(H,10,13,16)/t6-,7-,8-,11-;3-,5-,6-,7-/m11/s1. The maximum Gasteiger partial charge on any atom is 0.347 e. The Labute approximate surface area is 200 Å². The Kier molecular flexibility index (Phi) is 7.43. The summed E-state index contributed by atoms with van der Waals surface area (Å²) in [5.41, 5.74) is 4.68. The zero-order chi connectivity index (χ0) is 26.1. The van der Waals surface area contributed by atoms with Gasteiger partial charge in [0.2, 0.25) is 0 Å². The number of aliphatic hydroxyl groups excluding tert-OH is 6. The highest BCUT2D eigenvalue weighted by molar-refractivity contribution is 5.86. The van der Waals surface area contributed by atoms with E-state index in [4.69, 9.17) is 25.4 Å². The summed E-state index contributed by atoms with van der Waals surface area (Å²) in [6, 6.07) is 1.71. The molecule has 0 saturated carbocycles. The molecule has 0 radical (unpaired) electrons. The summed E-state index contributed by atoms with van der Waals surface area (Å²) in [6.45, 7) is -0.877. The van der Waals surface area contributed by atoms with Crippen molar-refractivity contribution in [1.82, 2.24) is 29.3 Å². The summed E-state index contributed by atoms with van der Waals surface area (Å²) in [6.07, 6.45) is -5.12. The van der Waals surface area contributed by atoms with Crippen molar-refractivity contribution in [3.8, 4) is 0 Å². The highest BCUT2D eigenvalue weighted by Gasteiger charge is 2.45. The third-order valence-corrected chi connectivity index (χ3v) is 5.83. The third-order valence-electron chi connectivity index (χ3n) is 5.83. The predicted octanol–water partition coefficient (Wildman–Crippen LogP) is -4.83. The van der Waals surface area contributed by atoms with Gasteiger partial charge in [-0.15, -0.1) is 0 Å². The molecule has 0 aliphatic carbocycles.